The topological polar surface area (TPSA) is 62.3 Å². The van der Waals surface area contributed by atoms with Crippen molar-refractivity contribution in [2.24, 2.45) is 0 Å². The van der Waals surface area contributed by atoms with E-state index in [0.29, 0.717) is 13.0 Å². The van der Waals surface area contributed by atoms with Gasteiger partial charge in [0.2, 0.25) is 10.0 Å². The highest BCUT2D eigenvalue weighted by molar-refractivity contribution is 7.88. The molecule has 1 N–H and O–H groups in total. The standard InChI is InChI=1S/C20H23N3O2S2/c1-23(2)18-10-8-17(9-11-18)20-22-19(14-26-20)16-6-4-15(5-7-16)12-13-21-27(3,24)25/h4-11,14,21H,12-13H2,1-3H3. The summed E-state index contributed by atoms with van der Waals surface area (Å²) in [6.45, 7) is 0.405. The average Bonchev–Trinajstić information content (AvgIpc) is 3.11. The molecule has 27 heavy (non-hydrogen) atoms. The van der Waals surface area contributed by atoms with Gasteiger partial charge in [-0.1, -0.05) is 24.3 Å². The van der Waals surface area contributed by atoms with Crippen LogP contribution in [-0.4, -0.2) is 40.3 Å². The van der Waals surface area contributed by atoms with E-state index in [1.807, 2.05) is 38.4 Å². The van der Waals surface area contributed by atoms with Crippen molar-refractivity contribution in [3.8, 4) is 21.8 Å². The van der Waals surface area contributed by atoms with Gasteiger partial charge >= 0.3 is 0 Å². The van der Waals surface area contributed by atoms with Crippen molar-refractivity contribution < 1.29 is 8.42 Å². The lowest BCUT2D eigenvalue weighted by molar-refractivity contribution is 0.588. The Kier molecular flexibility index (Phi) is 5.94. The molecule has 3 aromatic rings. The number of benzene rings is 2. The van der Waals surface area contributed by atoms with Crippen LogP contribution in [0.3, 0.4) is 0 Å². The van der Waals surface area contributed by atoms with Crippen molar-refractivity contribution in [1.82, 2.24) is 9.71 Å². The van der Waals surface area contributed by atoms with Gasteiger partial charge in [-0.3, -0.25) is 0 Å². The Bertz CT molecular complexity index is 992. The maximum absolute atomic E-state index is 11.1. The summed E-state index contributed by atoms with van der Waals surface area (Å²) in [5, 5.41) is 3.06. The Labute approximate surface area is 164 Å². The van der Waals surface area contributed by atoms with E-state index in [9.17, 15) is 8.42 Å². The molecule has 7 heteroatoms. The van der Waals surface area contributed by atoms with Gasteiger partial charge in [0.1, 0.15) is 5.01 Å². The number of aromatic nitrogens is 1. The number of thiazole rings is 1. The van der Waals surface area contributed by atoms with Crippen molar-refractivity contribution in [3.05, 3.63) is 59.5 Å². The molecule has 2 aromatic carbocycles. The molecule has 0 aliphatic carbocycles. The third kappa shape index (κ3) is 5.38. The highest BCUT2D eigenvalue weighted by Gasteiger charge is 2.08. The summed E-state index contributed by atoms with van der Waals surface area (Å²) in [5.41, 5.74) is 5.37. The quantitative estimate of drug-likeness (QED) is 0.657. The van der Waals surface area contributed by atoms with E-state index in [1.54, 1.807) is 11.3 Å². The molecule has 0 saturated heterocycles. The Balaban J connectivity index is 1.69. The van der Waals surface area contributed by atoms with Gasteiger partial charge in [-0.05, 0) is 36.2 Å². The van der Waals surface area contributed by atoms with Crippen LogP contribution in [-0.2, 0) is 16.4 Å². The highest BCUT2D eigenvalue weighted by Crippen LogP contribution is 2.30. The summed E-state index contributed by atoms with van der Waals surface area (Å²) < 4.78 is 24.7. The van der Waals surface area contributed by atoms with E-state index in [1.165, 1.54) is 6.26 Å². The molecule has 0 bridgehead atoms. The minimum atomic E-state index is -3.14. The van der Waals surface area contributed by atoms with E-state index in [0.717, 1.165) is 33.1 Å². The zero-order valence-electron chi connectivity index (χ0n) is 15.6. The minimum Gasteiger partial charge on any atom is -0.378 e. The van der Waals surface area contributed by atoms with Crippen molar-refractivity contribution >= 4 is 27.0 Å². The Morgan fingerprint density at radius 2 is 1.63 bits per heavy atom. The summed E-state index contributed by atoms with van der Waals surface area (Å²) in [5.74, 6) is 0. The van der Waals surface area contributed by atoms with Gasteiger partial charge in [0, 0.05) is 42.8 Å². The first-order valence-corrected chi connectivity index (χ1v) is 11.4. The summed E-state index contributed by atoms with van der Waals surface area (Å²) in [6.07, 6.45) is 1.83. The van der Waals surface area contributed by atoms with Gasteiger partial charge in [0.25, 0.3) is 0 Å². The Morgan fingerprint density at radius 3 is 2.22 bits per heavy atom. The van der Waals surface area contributed by atoms with Gasteiger partial charge in [0.15, 0.2) is 0 Å². The van der Waals surface area contributed by atoms with Crippen LogP contribution >= 0.6 is 11.3 Å². The normalized spacial score (nSPS) is 11.5. The summed E-state index contributed by atoms with van der Waals surface area (Å²) in [7, 11) is 0.913. The molecule has 3 rings (SSSR count). The molecule has 1 aromatic heterocycles. The highest BCUT2D eigenvalue weighted by atomic mass is 32.2. The van der Waals surface area contributed by atoms with E-state index in [-0.39, 0.29) is 0 Å². The van der Waals surface area contributed by atoms with Gasteiger partial charge in [0.05, 0.1) is 11.9 Å². The molecule has 0 aliphatic rings. The van der Waals surface area contributed by atoms with Gasteiger partial charge in [-0.25, -0.2) is 18.1 Å². The number of sulfonamides is 1. The number of nitrogens with zero attached hydrogens (tertiary/aromatic N) is 2. The lowest BCUT2D eigenvalue weighted by Crippen LogP contribution is -2.24. The average molecular weight is 402 g/mol. The predicted molar refractivity (Wildman–Crippen MR) is 114 cm³/mol. The molecule has 5 nitrogen and oxygen atoms in total. The van der Waals surface area contributed by atoms with Crippen LogP contribution in [0.4, 0.5) is 5.69 Å². The maximum Gasteiger partial charge on any atom is 0.208 e. The fourth-order valence-corrected chi connectivity index (χ4v) is 3.97. The molecule has 0 aliphatic heterocycles. The van der Waals surface area contributed by atoms with E-state index >= 15 is 0 Å². The second kappa shape index (κ2) is 8.21. The van der Waals surface area contributed by atoms with Crippen LogP contribution in [0.1, 0.15) is 5.56 Å². The van der Waals surface area contributed by atoms with Crippen molar-refractivity contribution in [1.29, 1.82) is 0 Å². The first kappa shape index (κ1) is 19.5. The molecule has 0 atom stereocenters. The lowest BCUT2D eigenvalue weighted by atomic mass is 10.1. The SMILES string of the molecule is CN(C)c1ccc(-c2nc(-c3ccc(CCNS(C)(=O)=O)cc3)cs2)cc1. The van der Waals surface area contributed by atoms with Crippen LogP contribution in [0.2, 0.25) is 0 Å². The van der Waals surface area contributed by atoms with Crippen molar-refractivity contribution in [3.63, 3.8) is 0 Å². The second-order valence-corrected chi connectivity index (χ2v) is 9.28. The van der Waals surface area contributed by atoms with Crippen LogP contribution in [0.5, 0.6) is 0 Å². The van der Waals surface area contributed by atoms with Crippen LogP contribution < -0.4 is 9.62 Å². The predicted octanol–water partition coefficient (Wildman–Crippen LogP) is 3.63. The maximum atomic E-state index is 11.1. The molecule has 0 fully saturated rings. The Hall–Kier alpha value is -2.22. The fraction of sp³-hybridized carbons (Fsp3) is 0.250. The van der Waals surface area contributed by atoms with E-state index < -0.39 is 10.0 Å². The number of anilines is 1. The van der Waals surface area contributed by atoms with Gasteiger partial charge < -0.3 is 4.90 Å². The molecule has 0 radical (unpaired) electrons. The molecule has 1 heterocycles. The first-order valence-electron chi connectivity index (χ1n) is 8.59. The van der Waals surface area contributed by atoms with Crippen LogP contribution in [0.25, 0.3) is 21.8 Å². The number of nitrogens with one attached hydrogen (secondary N) is 1. The lowest BCUT2D eigenvalue weighted by Gasteiger charge is -2.11. The van der Waals surface area contributed by atoms with Crippen molar-refractivity contribution in [2.75, 3.05) is 31.8 Å². The summed E-state index contributed by atoms with van der Waals surface area (Å²) >= 11 is 1.63. The third-order valence-corrected chi connectivity index (χ3v) is 5.78. The zero-order valence-corrected chi connectivity index (χ0v) is 17.3. The van der Waals surface area contributed by atoms with Crippen LogP contribution in [0.15, 0.2) is 53.9 Å². The molecular formula is C20H23N3O2S2. The second-order valence-electron chi connectivity index (χ2n) is 6.59. The van der Waals surface area contributed by atoms with E-state index in [4.69, 9.17) is 4.98 Å². The zero-order chi connectivity index (χ0) is 19.4. The first-order chi connectivity index (χ1) is 12.8. The van der Waals surface area contributed by atoms with E-state index in [2.05, 4.69) is 39.3 Å². The fourth-order valence-electron chi connectivity index (χ4n) is 2.66. The number of hydrogen-bond donors (Lipinski definition) is 1. The molecular weight excluding hydrogens is 378 g/mol. The number of rotatable bonds is 7. The van der Waals surface area contributed by atoms with Crippen LogP contribution in [0, 0.1) is 0 Å². The van der Waals surface area contributed by atoms with Gasteiger partial charge in [-0.15, -0.1) is 11.3 Å². The third-order valence-electron chi connectivity index (χ3n) is 4.16. The number of hydrogen-bond acceptors (Lipinski definition) is 5. The molecule has 0 spiro atoms. The minimum absolute atomic E-state index is 0.405. The molecule has 142 valence electrons. The summed E-state index contributed by atoms with van der Waals surface area (Å²) in [6, 6.07) is 16.5. The smallest absolute Gasteiger partial charge is 0.208 e. The van der Waals surface area contributed by atoms with Gasteiger partial charge in [-0.2, -0.15) is 0 Å². The molecule has 0 unspecified atom stereocenters. The Morgan fingerprint density at radius 1 is 1.00 bits per heavy atom. The molecule has 0 amide bonds. The monoisotopic (exact) mass is 401 g/mol. The summed E-state index contributed by atoms with van der Waals surface area (Å²) in [4.78, 5) is 6.84. The molecule has 0 saturated carbocycles. The van der Waals surface area contributed by atoms with Crippen molar-refractivity contribution in [2.45, 2.75) is 6.42 Å². The largest absolute Gasteiger partial charge is 0.378 e.